The van der Waals surface area contributed by atoms with Gasteiger partial charge in [-0.15, -0.1) is 0 Å². The predicted molar refractivity (Wildman–Crippen MR) is 112 cm³/mol. The summed E-state index contributed by atoms with van der Waals surface area (Å²) in [6.07, 6.45) is 12.6. The molecular weight excluding hydrogens is 349 g/mol. The highest BCUT2D eigenvalue weighted by Crippen LogP contribution is 2.35. The van der Waals surface area contributed by atoms with E-state index in [1.165, 1.54) is 82.0 Å². The Labute approximate surface area is 163 Å². The van der Waals surface area contributed by atoms with Gasteiger partial charge in [0.1, 0.15) is 0 Å². The van der Waals surface area contributed by atoms with Gasteiger partial charge in [-0.3, -0.25) is 4.52 Å². The van der Waals surface area contributed by atoms with E-state index in [4.69, 9.17) is 9.79 Å². The van der Waals surface area contributed by atoms with Gasteiger partial charge in [-0.1, -0.05) is 66.7 Å². The fraction of sp³-hybridized carbons (Fsp3) is 1.00. The molecule has 6 heteroatoms. The van der Waals surface area contributed by atoms with E-state index >= 15 is 0 Å². The molecule has 0 spiro atoms. The average molecular weight is 397 g/mol. The van der Waals surface area contributed by atoms with Gasteiger partial charge in [0.05, 0.1) is 32.8 Å². The van der Waals surface area contributed by atoms with Crippen molar-refractivity contribution in [2.75, 3.05) is 32.8 Å². The Kier molecular flexibility index (Phi) is 20.1. The highest BCUT2D eigenvalue weighted by Gasteiger charge is 2.24. The Hall–Kier alpha value is 0.0700. The summed E-state index contributed by atoms with van der Waals surface area (Å²) < 4.78 is 15.5. The number of quaternary nitrogens is 1. The summed E-state index contributed by atoms with van der Waals surface area (Å²) in [6.45, 7) is 17.1. The van der Waals surface area contributed by atoms with Crippen LogP contribution < -0.4 is 0 Å². The maximum absolute atomic E-state index is 9.98. The van der Waals surface area contributed by atoms with Crippen LogP contribution in [-0.4, -0.2) is 47.1 Å². The summed E-state index contributed by atoms with van der Waals surface area (Å²) >= 11 is 0. The van der Waals surface area contributed by atoms with E-state index in [0.717, 1.165) is 6.42 Å². The molecule has 26 heavy (non-hydrogen) atoms. The van der Waals surface area contributed by atoms with Crippen LogP contribution in [0, 0.1) is 0 Å². The molecule has 0 aromatic carbocycles. The van der Waals surface area contributed by atoms with Crippen molar-refractivity contribution in [3.8, 4) is 0 Å². The third kappa shape index (κ3) is 18.8. The maximum atomic E-state index is 9.98. The van der Waals surface area contributed by atoms with Crippen molar-refractivity contribution in [1.29, 1.82) is 0 Å². The zero-order valence-corrected chi connectivity index (χ0v) is 19.1. The molecule has 0 saturated carbocycles. The number of nitrogens with zero attached hydrogens (tertiary/aromatic N) is 1. The summed E-state index contributed by atoms with van der Waals surface area (Å²) in [5, 5.41) is 0. The first kappa shape index (κ1) is 28.3. The van der Waals surface area contributed by atoms with Crippen LogP contribution >= 0.6 is 7.82 Å². The van der Waals surface area contributed by atoms with Crippen LogP contribution in [0.4, 0.5) is 0 Å². The fourth-order valence-corrected chi connectivity index (χ4v) is 3.34. The highest BCUT2D eigenvalue weighted by atomic mass is 31.2. The molecule has 0 rings (SSSR count). The van der Waals surface area contributed by atoms with Crippen molar-refractivity contribution < 1.29 is 23.4 Å². The Bertz CT molecular complexity index is 296. The van der Waals surface area contributed by atoms with Crippen LogP contribution in [0.5, 0.6) is 0 Å². The van der Waals surface area contributed by atoms with E-state index in [1.807, 2.05) is 6.92 Å². The zero-order valence-electron chi connectivity index (χ0n) is 18.2. The fourth-order valence-electron chi connectivity index (χ4n) is 2.97. The number of phosphoric ester groups is 1. The van der Waals surface area contributed by atoms with Crippen LogP contribution in [0.15, 0.2) is 0 Å². The first-order valence-electron chi connectivity index (χ1n) is 10.9. The van der Waals surface area contributed by atoms with E-state index < -0.39 is 7.82 Å². The van der Waals surface area contributed by atoms with Gasteiger partial charge in [0.2, 0.25) is 0 Å². The minimum Gasteiger partial charge on any atom is -0.324 e. The van der Waals surface area contributed by atoms with Crippen molar-refractivity contribution in [3.63, 3.8) is 0 Å². The molecule has 0 aromatic rings. The van der Waals surface area contributed by atoms with Crippen molar-refractivity contribution in [1.82, 2.24) is 0 Å². The molecule has 0 amide bonds. The lowest BCUT2D eigenvalue weighted by Gasteiger charge is -2.39. The molecule has 2 N–H and O–H groups in total. The summed E-state index contributed by atoms with van der Waals surface area (Å²) in [7, 11) is -4.20. The van der Waals surface area contributed by atoms with Crippen molar-refractivity contribution in [2.45, 2.75) is 98.8 Å². The Morgan fingerprint density at radius 1 is 0.654 bits per heavy atom. The number of hydrogen-bond donors (Lipinski definition) is 2. The van der Waals surface area contributed by atoms with Gasteiger partial charge in [-0.2, -0.15) is 0 Å². The SMILES string of the molecule is CCCCOP(=O)(O)O.CCCC[N+](CCCC)(CCCC)CCCC. The van der Waals surface area contributed by atoms with Gasteiger partial charge in [0.15, 0.2) is 0 Å². The molecule has 0 aliphatic rings. The van der Waals surface area contributed by atoms with Gasteiger partial charge in [-0.05, 0) is 32.1 Å². The lowest BCUT2D eigenvalue weighted by molar-refractivity contribution is -0.929. The molecule has 0 saturated heterocycles. The minimum absolute atomic E-state index is 0.140. The molecule has 0 radical (unpaired) electrons. The first-order chi connectivity index (χ1) is 12.3. The van der Waals surface area contributed by atoms with Crippen molar-refractivity contribution in [2.24, 2.45) is 0 Å². The molecule has 0 aromatic heterocycles. The van der Waals surface area contributed by atoms with Crippen LogP contribution in [0.25, 0.3) is 0 Å². The largest absolute Gasteiger partial charge is 0.469 e. The minimum atomic E-state index is -4.20. The summed E-state index contributed by atoms with van der Waals surface area (Å²) in [6, 6.07) is 0. The Morgan fingerprint density at radius 2 is 0.962 bits per heavy atom. The molecule has 5 nitrogen and oxygen atoms in total. The maximum Gasteiger partial charge on any atom is 0.469 e. The predicted octanol–water partition coefficient (Wildman–Crippen LogP) is 5.90. The summed E-state index contributed by atoms with van der Waals surface area (Å²) in [4.78, 5) is 16.3. The monoisotopic (exact) mass is 396 g/mol. The van der Waals surface area contributed by atoms with Gasteiger partial charge in [0, 0.05) is 0 Å². The van der Waals surface area contributed by atoms with E-state index in [0.29, 0.717) is 6.42 Å². The number of phosphoric acid groups is 1. The van der Waals surface area contributed by atoms with Crippen molar-refractivity contribution in [3.05, 3.63) is 0 Å². The molecule has 0 unspecified atom stereocenters. The summed E-state index contributed by atoms with van der Waals surface area (Å²) in [5.41, 5.74) is 0. The van der Waals surface area contributed by atoms with Crippen molar-refractivity contribution >= 4 is 7.82 Å². The Balaban J connectivity index is 0. The lowest BCUT2D eigenvalue weighted by Crippen LogP contribution is -2.50. The molecule has 160 valence electrons. The topological polar surface area (TPSA) is 66.8 Å². The molecule has 0 heterocycles. The van der Waals surface area contributed by atoms with Gasteiger partial charge in [0.25, 0.3) is 0 Å². The molecular formula is C20H47NO4P+. The van der Waals surface area contributed by atoms with E-state index in [1.54, 1.807) is 0 Å². The van der Waals surface area contributed by atoms with Crippen LogP contribution in [0.1, 0.15) is 98.8 Å². The normalized spacial score (nSPS) is 12.0. The van der Waals surface area contributed by atoms with E-state index in [9.17, 15) is 4.57 Å². The lowest BCUT2D eigenvalue weighted by atomic mass is 10.1. The first-order valence-corrected chi connectivity index (χ1v) is 12.4. The van der Waals surface area contributed by atoms with Crippen LogP contribution in [0.3, 0.4) is 0 Å². The third-order valence-electron chi connectivity index (χ3n) is 4.70. The second-order valence-corrected chi connectivity index (χ2v) is 8.57. The van der Waals surface area contributed by atoms with Gasteiger partial charge >= 0.3 is 7.82 Å². The number of rotatable bonds is 16. The molecule has 0 aliphatic carbocycles. The second-order valence-electron chi connectivity index (χ2n) is 7.33. The molecule has 0 fully saturated rings. The molecule has 0 aliphatic heterocycles. The van der Waals surface area contributed by atoms with Gasteiger partial charge in [-0.25, -0.2) is 4.57 Å². The van der Waals surface area contributed by atoms with Crippen LogP contribution in [-0.2, 0) is 9.09 Å². The Morgan fingerprint density at radius 3 is 1.19 bits per heavy atom. The summed E-state index contributed by atoms with van der Waals surface area (Å²) in [5.74, 6) is 0. The highest BCUT2D eigenvalue weighted by molar-refractivity contribution is 7.46. The second kappa shape index (κ2) is 18.4. The van der Waals surface area contributed by atoms with E-state index in [2.05, 4.69) is 32.2 Å². The standard InChI is InChI=1S/C16H36N.C4H11O4P/c1-5-9-13-17(14-10-6-2,15-11-7-3)16-12-8-4;1-2-3-4-8-9(5,6)7/h5-16H2,1-4H3;2-4H2,1H3,(H2,5,6,7)/q+1;. The van der Waals surface area contributed by atoms with E-state index in [-0.39, 0.29) is 6.61 Å². The number of hydrogen-bond acceptors (Lipinski definition) is 2. The quantitative estimate of drug-likeness (QED) is 0.194. The molecule has 0 atom stereocenters. The average Bonchev–Trinajstić information content (AvgIpc) is 2.60. The number of unbranched alkanes of at least 4 members (excludes halogenated alkanes) is 5. The van der Waals surface area contributed by atoms with Crippen LogP contribution in [0.2, 0.25) is 0 Å². The zero-order chi connectivity index (χ0) is 20.3. The smallest absolute Gasteiger partial charge is 0.324 e. The third-order valence-corrected chi connectivity index (χ3v) is 5.22. The molecule has 0 bridgehead atoms. The van der Waals surface area contributed by atoms with Gasteiger partial charge < -0.3 is 14.3 Å².